The molecule has 0 N–H and O–H groups in total. The molecule has 3 atom stereocenters. The Hall–Kier alpha value is -2.47. The summed E-state index contributed by atoms with van der Waals surface area (Å²) < 4.78 is 6.33. The van der Waals surface area contributed by atoms with Crippen molar-refractivity contribution in [3.63, 3.8) is 0 Å². The van der Waals surface area contributed by atoms with Gasteiger partial charge in [-0.15, -0.1) is 0 Å². The topological polar surface area (TPSA) is 63.7 Å². The van der Waals surface area contributed by atoms with Crippen molar-refractivity contribution in [3.8, 4) is 5.75 Å². The van der Waals surface area contributed by atoms with Crippen molar-refractivity contribution in [1.82, 2.24) is 0 Å². The molecule has 0 aromatic heterocycles. The molecule has 2 aromatic rings. The molecule has 6 heteroatoms. The van der Waals surface area contributed by atoms with Crippen LogP contribution in [0, 0.1) is 17.8 Å². The van der Waals surface area contributed by atoms with Gasteiger partial charge in [0.2, 0.25) is 11.8 Å². The van der Waals surface area contributed by atoms with E-state index >= 15 is 0 Å². The molecule has 0 radical (unpaired) electrons. The number of para-hydroxylation sites is 1. The van der Waals surface area contributed by atoms with Crippen LogP contribution in [-0.4, -0.2) is 17.8 Å². The second-order valence-electron chi connectivity index (χ2n) is 7.50. The van der Waals surface area contributed by atoms with Crippen LogP contribution in [0.1, 0.15) is 36.5 Å². The summed E-state index contributed by atoms with van der Waals surface area (Å²) >= 11 is 3.34. The van der Waals surface area contributed by atoms with E-state index in [4.69, 9.17) is 4.74 Å². The van der Waals surface area contributed by atoms with Gasteiger partial charge in [0, 0.05) is 4.47 Å². The van der Waals surface area contributed by atoms with Gasteiger partial charge in [-0.05, 0) is 61.6 Å². The standard InChI is InChI=1S/C22H20BrNO4/c1-13-6-11-16-18(12-13)21(26)24(20(16)25)19-5-3-2-4-17(19)22(27)28-15-9-7-14(23)8-10-15/h2-5,7-10,13,16,18H,6,11-12H2,1H3/t13-,16-,18+/m0/s1. The highest BCUT2D eigenvalue weighted by atomic mass is 79.9. The predicted molar refractivity (Wildman–Crippen MR) is 108 cm³/mol. The second-order valence-corrected chi connectivity index (χ2v) is 8.42. The van der Waals surface area contributed by atoms with Gasteiger partial charge < -0.3 is 4.74 Å². The number of nitrogens with zero attached hydrogens (tertiary/aromatic N) is 1. The van der Waals surface area contributed by atoms with E-state index in [1.807, 2.05) is 0 Å². The highest BCUT2D eigenvalue weighted by molar-refractivity contribution is 9.10. The van der Waals surface area contributed by atoms with Crippen molar-refractivity contribution < 1.29 is 19.1 Å². The second kappa shape index (κ2) is 7.51. The Kier molecular flexibility index (Phi) is 5.06. The average Bonchev–Trinajstić information content (AvgIpc) is 2.93. The number of benzene rings is 2. The number of hydrogen-bond donors (Lipinski definition) is 0. The van der Waals surface area contributed by atoms with Gasteiger partial charge in [0.15, 0.2) is 0 Å². The summed E-state index contributed by atoms with van der Waals surface area (Å²) in [5.41, 5.74) is 0.514. The summed E-state index contributed by atoms with van der Waals surface area (Å²) in [6.07, 6.45) is 2.39. The minimum absolute atomic E-state index is 0.203. The van der Waals surface area contributed by atoms with Gasteiger partial charge in [0.25, 0.3) is 0 Å². The van der Waals surface area contributed by atoms with Crippen LogP contribution >= 0.6 is 15.9 Å². The first-order valence-corrected chi connectivity index (χ1v) is 10.2. The number of carbonyl (C=O) groups excluding carboxylic acids is 3. The fraction of sp³-hybridized carbons (Fsp3) is 0.318. The zero-order valence-corrected chi connectivity index (χ0v) is 17.0. The van der Waals surface area contributed by atoms with Crippen LogP contribution < -0.4 is 9.64 Å². The van der Waals surface area contributed by atoms with Crippen LogP contribution in [0.3, 0.4) is 0 Å². The lowest BCUT2D eigenvalue weighted by molar-refractivity contribution is -0.122. The quantitative estimate of drug-likeness (QED) is 0.396. The molecule has 1 saturated carbocycles. The van der Waals surface area contributed by atoms with Gasteiger partial charge in [-0.1, -0.05) is 35.0 Å². The van der Waals surface area contributed by atoms with Crippen molar-refractivity contribution in [1.29, 1.82) is 0 Å². The Morgan fingerprint density at radius 2 is 1.68 bits per heavy atom. The van der Waals surface area contributed by atoms with Gasteiger partial charge in [0.1, 0.15) is 5.75 Å². The molecule has 5 nitrogen and oxygen atoms in total. The molecule has 28 heavy (non-hydrogen) atoms. The fourth-order valence-electron chi connectivity index (χ4n) is 4.13. The van der Waals surface area contributed by atoms with E-state index in [2.05, 4.69) is 22.9 Å². The van der Waals surface area contributed by atoms with E-state index in [0.29, 0.717) is 17.4 Å². The van der Waals surface area contributed by atoms with E-state index in [-0.39, 0.29) is 29.2 Å². The molecule has 1 saturated heterocycles. The Labute approximate surface area is 171 Å². The number of amides is 2. The van der Waals surface area contributed by atoms with Gasteiger partial charge in [-0.25, -0.2) is 9.69 Å². The zero-order valence-electron chi connectivity index (χ0n) is 15.4. The van der Waals surface area contributed by atoms with Crippen LogP contribution in [-0.2, 0) is 9.59 Å². The van der Waals surface area contributed by atoms with Crippen molar-refractivity contribution in [2.75, 3.05) is 4.90 Å². The lowest BCUT2D eigenvalue weighted by Crippen LogP contribution is -2.32. The third-order valence-electron chi connectivity index (χ3n) is 5.58. The minimum atomic E-state index is -0.596. The molecular formula is C22H20BrNO4. The first-order valence-electron chi connectivity index (χ1n) is 9.40. The zero-order chi connectivity index (χ0) is 19.8. The molecule has 1 aliphatic carbocycles. The molecule has 0 spiro atoms. The van der Waals surface area contributed by atoms with Crippen molar-refractivity contribution >= 4 is 39.4 Å². The molecule has 144 valence electrons. The summed E-state index contributed by atoms with van der Waals surface area (Å²) in [6.45, 7) is 2.11. The van der Waals surface area contributed by atoms with E-state index < -0.39 is 5.97 Å². The summed E-state index contributed by atoms with van der Waals surface area (Å²) in [5, 5.41) is 0. The van der Waals surface area contributed by atoms with E-state index in [1.165, 1.54) is 4.90 Å². The lowest BCUT2D eigenvalue weighted by atomic mass is 9.76. The normalized spacial score (nSPS) is 24.2. The average molecular weight is 442 g/mol. The fourth-order valence-corrected chi connectivity index (χ4v) is 4.40. The van der Waals surface area contributed by atoms with Gasteiger partial charge in [0.05, 0.1) is 23.1 Å². The minimum Gasteiger partial charge on any atom is -0.423 e. The number of hydrogen-bond acceptors (Lipinski definition) is 4. The molecule has 1 heterocycles. The number of esters is 1. The van der Waals surface area contributed by atoms with Crippen molar-refractivity contribution in [2.45, 2.75) is 26.2 Å². The lowest BCUT2D eigenvalue weighted by Gasteiger charge is -2.25. The number of ether oxygens (including phenoxy) is 1. The number of anilines is 1. The SMILES string of the molecule is C[C@H]1CC[C@@H]2C(=O)N(c3ccccc3C(=O)Oc3ccc(Br)cc3)C(=O)[C@@H]2C1. The maximum atomic E-state index is 13.0. The van der Waals surface area contributed by atoms with Crippen LogP contribution in [0.25, 0.3) is 0 Å². The number of rotatable bonds is 3. The number of imide groups is 1. The van der Waals surface area contributed by atoms with Crippen LogP contribution in [0.15, 0.2) is 53.0 Å². The molecule has 4 rings (SSSR count). The van der Waals surface area contributed by atoms with Gasteiger partial charge in [-0.2, -0.15) is 0 Å². The Morgan fingerprint density at radius 3 is 2.43 bits per heavy atom. The third kappa shape index (κ3) is 3.37. The highest BCUT2D eigenvalue weighted by Gasteiger charge is 2.50. The van der Waals surface area contributed by atoms with Crippen molar-refractivity contribution in [3.05, 3.63) is 58.6 Å². The van der Waals surface area contributed by atoms with Gasteiger partial charge >= 0.3 is 5.97 Å². The summed E-state index contributed by atoms with van der Waals surface area (Å²) in [7, 11) is 0. The predicted octanol–water partition coefficient (Wildman–Crippen LogP) is 4.59. The summed E-state index contributed by atoms with van der Waals surface area (Å²) in [6, 6.07) is 13.5. The maximum absolute atomic E-state index is 13.0. The van der Waals surface area contributed by atoms with E-state index in [9.17, 15) is 14.4 Å². The van der Waals surface area contributed by atoms with E-state index in [1.54, 1.807) is 48.5 Å². The van der Waals surface area contributed by atoms with E-state index in [0.717, 1.165) is 23.7 Å². The smallest absolute Gasteiger partial charge is 0.345 e. The maximum Gasteiger partial charge on any atom is 0.345 e. The molecule has 0 unspecified atom stereocenters. The first-order chi connectivity index (χ1) is 13.5. The largest absolute Gasteiger partial charge is 0.423 e. The molecule has 1 aliphatic heterocycles. The number of fused-ring (bicyclic) bond motifs is 1. The van der Waals surface area contributed by atoms with Crippen LogP contribution in [0.5, 0.6) is 5.75 Å². The first kappa shape index (κ1) is 18.9. The Morgan fingerprint density at radius 1 is 1.00 bits per heavy atom. The molecule has 2 aromatic carbocycles. The summed E-state index contributed by atoms with van der Waals surface area (Å²) in [4.78, 5) is 40.0. The summed E-state index contributed by atoms with van der Waals surface area (Å²) in [5.74, 6) is -0.746. The third-order valence-corrected chi connectivity index (χ3v) is 6.11. The molecule has 0 bridgehead atoms. The number of halogens is 1. The Bertz CT molecular complexity index is 940. The van der Waals surface area contributed by atoms with Crippen LogP contribution in [0.2, 0.25) is 0 Å². The van der Waals surface area contributed by atoms with Crippen LogP contribution in [0.4, 0.5) is 5.69 Å². The van der Waals surface area contributed by atoms with Crippen molar-refractivity contribution in [2.24, 2.45) is 17.8 Å². The molecule has 2 fully saturated rings. The number of carbonyl (C=O) groups is 3. The van der Waals surface area contributed by atoms with Gasteiger partial charge in [-0.3, -0.25) is 9.59 Å². The monoisotopic (exact) mass is 441 g/mol. The molecule has 2 aliphatic rings. The molecular weight excluding hydrogens is 422 g/mol. The highest BCUT2D eigenvalue weighted by Crippen LogP contribution is 2.42. The molecule has 2 amide bonds. The Balaban J connectivity index is 1.64.